The lowest BCUT2D eigenvalue weighted by atomic mass is 9.68. The molecule has 3 aliphatic carbocycles. The number of carboxylic acid groups (broad SMARTS) is 1. The molecule has 3 aromatic carbocycles. The molecule has 9 atom stereocenters. The van der Waals surface area contributed by atoms with E-state index in [1.807, 2.05) is 68.5 Å². The van der Waals surface area contributed by atoms with Crippen molar-refractivity contribution in [2.45, 2.75) is 129 Å². The number of fused-ring (bicyclic) bond motifs is 3. The summed E-state index contributed by atoms with van der Waals surface area (Å²) in [6.07, 6.45) is 17.1. The first-order valence-corrected chi connectivity index (χ1v) is 28.2. The average molecular weight is 1110 g/mol. The van der Waals surface area contributed by atoms with E-state index >= 15 is 0 Å². The number of hydroxylamine groups is 2. The van der Waals surface area contributed by atoms with Crippen LogP contribution in [-0.4, -0.2) is 96.3 Å². The van der Waals surface area contributed by atoms with Crippen LogP contribution in [0.3, 0.4) is 0 Å². The maximum Gasteiger partial charge on any atom is 0.335 e. The summed E-state index contributed by atoms with van der Waals surface area (Å²) in [5.41, 5.74) is 6.99. The van der Waals surface area contributed by atoms with E-state index in [0.29, 0.717) is 74.2 Å². The Kier molecular flexibility index (Phi) is 20.1. The van der Waals surface area contributed by atoms with Gasteiger partial charge in [0, 0.05) is 48.1 Å². The van der Waals surface area contributed by atoms with Crippen LogP contribution in [0, 0.1) is 56.3 Å². The van der Waals surface area contributed by atoms with Crippen LogP contribution in [0.2, 0.25) is 0 Å². The minimum Gasteiger partial charge on any atom is -0.478 e. The van der Waals surface area contributed by atoms with Crippen LogP contribution >= 0.6 is 0 Å². The Morgan fingerprint density at radius 3 is 1.46 bits per heavy atom. The van der Waals surface area contributed by atoms with Crippen LogP contribution in [0.15, 0.2) is 128 Å². The first-order valence-electron chi connectivity index (χ1n) is 28.2. The van der Waals surface area contributed by atoms with E-state index in [0.717, 1.165) is 63.8 Å². The third-order valence-corrected chi connectivity index (χ3v) is 17.6. The van der Waals surface area contributed by atoms with Crippen molar-refractivity contribution in [2.75, 3.05) is 34.4 Å². The number of carbonyl (C=O) groups excluding carboxylic acids is 5. The lowest BCUT2D eigenvalue weighted by Crippen LogP contribution is -2.44. The first kappa shape index (κ1) is 61.8. The molecule has 3 aromatic rings. The molecule has 0 radical (unpaired) electrons. The van der Waals surface area contributed by atoms with Crippen LogP contribution < -0.4 is 0 Å². The fraction of sp³-hybridized carbons (Fsp3) is 0.463. The zero-order valence-electron chi connectivity index (χ0n) is 48.7. The first-order chi connectivity index (χ1) is 38.6. The molecule has 1 N–H and O–H groups in total. The minimum absolute atomic E-state index is 0.0287. The fourth-order valence-electron chi connectivity index (χ4n) is 12.7. The van der Waals surface area contributed by atoms with Crippen LogP contribution in [0.25, 0.3) is 0 Å². The molecule has 3 heterocycles. The summed E-state index contributed by atoms with van der Waals surface area (Å²) >= 11 is 0. The quantitative estimate of drug-likeness (QED) is 0.0681. The molecule has 9 rings (SSSR count). The van der Waals surface area contributed by atoms with Crippen LogP contribution in [0.4, 0.5) is 0 Å². The molecule has 14 heteroatoms. The number of amides is 1. The molecular weight excluding hydrogens is 1030 g/mol. The largest absolute Gasteiger partial charge is 0.478 e. The van der Waals surface area contributed by atoms with Crippen molar-refractivity contribution in [3.63, 3.8) is 0 Å². The lowest BCUT2D eigenvalue weighted by Gasteiger charge is -2.41. The predicted molar refractivity (Wildman–Crippen MR) is 309 cm³/mol. The Balaban J connectivity index is 0.000000176. The molecule has 0 aromatic heterocycles. The lowest BCUT2D eigenvalue weighted by molar-refractivity contribution is -0.123. The van der Waals surface area contributed by atoms with Crippen LogP contribution in [0.5, 0.6) is 0 Å². The monoisotopic (exact) mass is 1110 g/mol. The number of Topliss-reactive ketones (excluding diaryl/α,β-unsaturated/α-hetero) is 1. The second-order valence-electron chi connectivity index (χ2n) is 22.9. The van der Waals surface area contributed by atoms with E-state index < -0.39 is 17.2 Å². The molecular formula is C67H81NO13. The topological polar surface area (TPSA) is 181 Å². The molecule has 3 fully saturated rings. The fourth-order valence-corrected chi connectivity index (χ4v) is 12.7. The van der Waals surface area contributed by atoms with Gasteiger partial charge in [0.2, 0.25) is 0 Å². The van der Waals surface area contributed by atoms with Gasteiger partial charge in [-0.25, -0.2) is 9.86 Å². The van der Waals surface area contributed by atoms with Crippen molar-refractivity contribution in [3.8, 4) is 0 Å². The molecule has 0 bridgehead atoms. The molecule has 6 aliphatic rings. The molecule has 3 aliphatic heterocycles. The van der Waals surface area contributed by atoms with E-state index in [1.165, 1.54) is 12.2 Å². The van der Waals surface area contributed by atoms with Crippen molar-refractivity contribution in [1.29, 1.82) is 0 Å². The second kappa shape index (κ2) is 26.4. The Labute approximate surface area is 477 Å². The Morgan fingerprint density at radius 1 is 0.630 bits per heavy atom. The van der Waals surface area contributed by atoms with E-state index in [9.17, 15) is 33.9 Å². The van der Waals surface area contributed by atoms with Gasteiger partial charge in [0.05, 0.1) is 24.9 Å². The number of carbonyl (C=O) groups is 6. The Morgan fingerprint density at radius 2 is 1.02 bits per heavy atom. The number of aromatic carboxylic acids is 1. The van der Waals surface area contributed by atoms with Gasteiger partial charge in [0.15, 0.2) is 36.7 Å². The number of rotatable bonds is 19. The number of ketones is 4. The summed E-state index contributed by atoms with van der Waals surface area (Å²) in [5.74, 6) is 0.516. The van der Waals surface area contributed by atoms with Gasteiger partial charge >= 0.3 is 5.97 Å². The zero-order valence-corrected chi connectivity index (χ0v) is 48.7. The second-order valence-corrected chi connectivity index (χ2v) is 22.9. The summed E-state index contributed by atoms with van der Waals surface area (Å²) in [5, 5.41) is 10.6. The standard InChI is InChI=1S/C23H29NO5.C23H28O3.C21H24O5/c1-6-7-18-13-23(21(12-20(18)25)28-14-29-23)16(3)10-17-9-8-15(2)19(11-17)22(26)24(4)27-5;1-5-6-19-14-23(20(9-10-26-23)13-22(19)25)16(3)11-18-8-7-15(2)21(12-18)17(4)24;1-4-5-16-11-21(19(10-18(16)22)25-12-26-21)14(3)8-15-7-6-13(2)17(9-15)20(23)24/h6,8-9,11-12,16,18H,1,7,10,13-14H2,2-5H3;5,7-8,12-13,16,19H,1,6,9-11,14H2,2-4H3;4,6-7,9-10,14,16H,1,5,8,11-12H2,2-3H3,(H,23,24)/t16-,18-,23+;16-,19?,23+;14-,16-,21+/m000/s1. The van der Waals surface area contributed by atoms with E-state index in [4.69, 9.17) is 28.5 Å². The maximum absolute atomic E-state index is 12.6. The molecule has 1 unspecified atom stereocenters. The highest BCUT2D eigenvalue weighted by atomic mass is 16.7. The van der Waals surface area contributed by atoms with Gasteiger partial charge in [0.1, 0.15) is 22.7 Å². The highest BCUT2D eigenvalue weighted by molar-refractivity contribution is 5.97. The molecule has 81 heavy (non-hydrogen) atoms. The third kappa shape index (κ3) is 13.3. The molecule has 1 amide bonds. The number of hydrogen-bond donors (Lipinski definition) is 1. The summed E-state index contributed by atoms with van der Waals surface area (Å²) in [6, 6.07) is 17.5. The average Bonchev–Trinajstić information content (AvgIpc) is 4.29. The Hall–Kier alpha value is -6.84. The van der Waals surface area contributed by atoms with E-state index in [2.05, 4.69) is 46.6 Å². The van der Waals surface area contributed by atoms with Gasteiger partial charge < -0.3 is 28.8 Å². The number of benzene rings is 3. The van der Waals surface area contributed by atoms with Crippen molar-refractivity contribution >= 4 is 35.0 Å². The van der Waals surface area contributed by atoms with Gasteiger partial charge in [-0.3, -0.25) is 28.8 Å². The molecule has 0 saturated carbocycles. The number of ether oxygens (including phenoxy) is 5. The summed E-state index contributed by atoms with van der Waals surface area (Å²) in [6.45, 7) is 25.9. The zero-order chi connectivity index (χ0) is 59.0. The van der Waals surface area contributed by atoms with Crippen molar-refractivity contribution in [3.05, 3.63) is 178 Å². The summed E-state index contributed by atoms with van der Waals surface area (Å²) in [7, 11) is 3.06. The molecule has 14 nitrogen and oxygen atoms in total. The van der Waals surface area contributed by atoms with Crippen molar-refractivity contribution in [2.24, 2.45) is 35.5 Å². The number of hydrogen-bond acceptors (Lipinski definition) is 12. The van der Waals surface area contributed by atoms with Crippen LogP contribution in [-0.2, 0) is 62.2 Å². The predicted octanol–water partition coefficient (Wildman–Crippen LogP) is 11.9. The van der Waals surface area contributed by atoms with Crippen molar-refractivity contribution in [1.82, 2.24) is 5.06 Å². The van der Waals surface area contributed by atoms with Crippen molar-refractivity contribution < 1.29 is 62.4 Å². The van der Waals surface area contributed by atoms with Gasteiger partial charge in [-0.1, -0.05) is 75.4 Å². The number of allylic oxidation sites excluding steroid dienone is 6. The number of carboxylic acids is 1. The maximum atomic E-state index is 12.6. The van der Waals surface area contributed by atoms with Gasteiger partial charge in [-0.2, -0.15) is 0 Å². The van der Waals surface area contributed by atoms with E-state index in [-0.39, 0.29) is 83.7 Å². The molecule has 0 spiro atoms. The molecule has 432 valence electrons. The number of aryl methyl sites for hydroxylation is 3. The summed E-state index contributed by atoms with van der Waals surface area (Å²) in [4.78, 5) is 77.9. The smallest absolute Gasteiger partial charge is 0.335 e. The SMILES string of the molecule is C=CCC1C[C@]2([C@@H](C)Cc3ccc(C)c(C(C)=O)c3)OCCC2=CC1=O.C=CC[C@H]1C[C@]2([C@@H](C)Cc3ccc(C)c(C(=O)N(C)OC)c3)OCOC2=CC1=O.C=CC[C@H]1C[C@]2([C@@H](C)Cc3ccc(C)c(C(=O)O)c3)OCOC2=CC1=O. The van der Waals surface area contributed by atoms with Gasteiger partial charge in [-0.15, -0.1) is 19.7 Å². The minimum atomic E-state index is -0.925. The normalized spacial score (nSPS) is 25.4. The Bertz CT molecular complexity index is 2910. The highest BCUT2D eigenvalue weighted by Crippen LogP contribution is 2.49. The highest BCUT2D eigenvalue weighted by Gasteiger charge is 2.53. The van der Waals surface area contributed by atoms with Gasteiger partial charge in [0.25, 0.3) is 5.91 Å². The van der Waals surface area contributed by atoms with E-state index in [1.54, 1.807) is 51.3 Å². The molecule has 3 saturated heterocycles. The number of nitrogens with zero attached hydrogens (tertiary/aromatic N) is 1. The summed E-state index contributed by atoms with van der Waals surface area (Å²) < 4.78 is 29.6. The third-order valence-electron chi connectivity index (χ3n) is 17.6. The van der Waals surface area contributed by atoms with Crippen LogP contribution in [0.1, 0.15) is 137 Å². The van der Waals surface area contributed by atoms with Gasteiger partial charge in [-0.05, 0) is 173 Å².